The Hall–Kier alpha value is -2.80. The molecule has 0 fully saturated rings. The molecule has 6 nitrogen and oxygen atoms in total. The number of hydrogen-bond acceptors (Lipinski definition) is 6. The van der Waals surface area contributed by atoms with Crippen LogP contribution in [-0.2, 0) is 4.79 Å². The molecule has 0 aromatic heterocycles. The Labute approximate surface area is 162 Å². The van der Waals surface area contributed by atoms with Gasteiger partial charge in [0.25, 0.3) is 0 Å². The fourth-order valence-electron chi connectivity index (χ4n) is 3.15. The molecule has 0 aliphatic carbocycles. The van der Waals surface area contributed by atoms with Crippen LogP contribution in [0.4, 0.5) is 11.4 Å². The van der Waals surface area contributed by atoms with Crippen LogP contribution in [0.1, 0.15) is 24.9 Å². The van der Waals surface area contributed by atoms with E-state index in [0.29, 0.717) is 18.0 Å². The van der Waals surface area contributed by atoms with Crippen LogP contribution in [0.15, 0.2) is 58.6 Å². The first kappa shape index (κ1) is 17.6. The number of fused-ring (bicyclic) bond motifs is 3. The van der Waals surface area contributed by atoms with Crippen LogP contribution in [0.3, 0.4) is 0 Å². The maximum Gasteiger partial charge on any atom is 0.234 e. The second-order valence-corrected chi connectivity index (χ2v) is 7.06. The van der Waals surface area contributed by atoms with E-state index in [1.54, 1.807) is 0 Å². The van der Waals surface area contributed by atoms with Crippen molar-refractivity contribution in [2.24, 2.45) is 10.1 Å². The average Bonchev–Trinajstić information content (AvgIpc) is 3.18. The molecule has 138 valence electrons. The Morgan fingerprint density at radius 1 is 1.26 bits per heavy atom. The van der Waals surface area contributed by atoms with Crippen LogP contribution in [0.2, 0.25) is 0 Å². The number of nitrogens with one attached hydrogen (secondary N) is 1. The third kappa shape index (κ3) is 3.68. The minimum Gasteiger partial charge on any atom is -0.492 e. The highest BCUT2D eigenvalue weighted by molar-refractivity contribution is 8.14. The molecule has 0 spiro atoms. The molecule has 0 bridgehead atoms. The number of amides is 1. The summed E-state index contributed by atoms with van der Waals surface area (Å²) in [5.41, 5.74) is 2.81. The zero-order valence-corrected chi connectivity index (χ0v) is 15.8. The Kier molecular flexibility index (Phi) is 5.11. The van der Waals surface area contributed by atoms with E-state index in [1.807, 2.05) is 60.6 Å². The highest BCUT2D eigenvalue weighted by atomic mass is 32.2. The molecule has 0 saturated carbocycles. The van der Waals surface area contributed by atoms with Gasteiger partial charge in [0.2, 0.25) is 5.91 Å². The van der Waals surface area contributed by atoms with Crippen LogP contribution in [-0.4, -0.2) is 34.7 Å². The largest absolute Gasteiger partial charge is 0.492 e. The van der Waals surface area contributed by atoms with Crippen molar-refractivity contribution in [1.82, 2.24) is 5.01 Å². The molecule has 2 aromatic rings. The number of nitrogens with zero attached hydrogens (tertiary/aromatic N) is 3. The number of carbonyl (C=O) groups excluding carboxylic acids is 1. The number of aliphatic imine (C=N–C) groups is 1. The number of hydrogen-bond donors (Lipinski definition) is 1. The van der Waals surface area contributed by atoms with Crippen LogP contribution in [0.25, 0.3) is 0 Å². The van der Waals surface area contributed by atoms with Crippen molar-refractivity contribution in [1.29, 1.82) is 0 Å². The summed E-state index contributed by atoms with van der Waals surface area (Å²) in [6.45, 7) is 2.46. The second kappa shape index (κ2) is 7.84. The van der Waals surface area contributed by atoms with Crippen LogP contribution < -0.4 is 10.1 Å². The van der Waals surface area contributed by atoms with Gasteiger partial charge in [-0.05, 0) is 25.1 Å². The summed E-state index contributed by atoms with van der Waals surface area (Å²) < 4.78 is 5.56. The van der Waals surface area contributed by atoms with Crippen molar-refractivity contribution >= 4 is 40.4 Å². The van der Waals surface area contributed by atoms with Gasteiger partial charge < -0.3 is 10.1 Å². The fourth-order valence-corrected chi connectivity index (χ4v) is 3.95. The van der Waals surface area contributed by atoms with Gasteiger partial charge in [-0.3, -0.25) is 4.79 Å². The van der Waals surface area contributed by atoms with Gasteiger partial charge in [-0.15, -0.1) is 0 Å². The van der Waals surface area contributed by atoms with Crippen molar-refractivity contribution < 1.29 is 9.53 Å². The molecule has 2 aromatic carbocycles. The monoisotopic (exact) mass is 380 g/mol. The third-order valence-electron chi connectivity index (χ3n) is 4.33. The van der Waals surface area contributed by atoms with Crippen molar-refractivity contribution in [2.75, 3.05) is 17.7 Å². The van der Waals surface area contributed by atoms with E-state index in [2.05, 4.69) is 16.5 Å². The molecule has 2 heterocycles. The van der Waals surface area contributed by atoms with Crippen molar-refractivity contribution in [3.05, 3.63) is 54.1 Å². The van der Waals surface area contributed by atoms with Crippen molar-refractivity contribution in [2.45, 2.75) is 19.4 Å². The number of para-hydroxylation sites is 3. The van der Waals surface area contributed by atoms with E-state index in [9.17, 15) is 4.79 Å². The van der Waals surface area contributed by atoms with Gasteiger partial charge >= 0.3 is 0 Å². The molecular weight excluding hydrogens is 360 g/mol. The van der Waals surface area contributed by atoms with E-state index < -0.39 is 0 Å². The zero-order chi connectivity index (χ0) is 18.6. The lowest BCUT2D eigenvalue weighted by Gasteiger charge is -2.29. The van der Waals surface area contributed by atoms with Crippen LogP contribution in [0, 0.1) is 0 Å². The molecule has 1 amide bonds. The van der Waals surface area contributed by atoms with Crippen molar-refractivity contribution in [3.8, 4) is 5.75 Å². The summed E-state index contributed by atoms with van der Waals surface area (Å²) in [7, 11) is 0. The minimum absolute atomic E-state index is 0.103. The summed E-state index contributed by atoms with van der Waals surface area (Å²) >= 11 is 1.39. The molecule has 4 rings (SSSR count). The Morgan fingerprint density at radius 3 is 2.96 bits per heavy atom. The van der Waals surface area contributed by atoms with Crippen LogP contribution in [0.5, 0.6) is 5.75 Å². The van der Waals surface area contributed by atoms with Crippen molar-refractivity contribution in [3.63, 3.8) is 0 Å². The summed E-state index contributed by atoms with van der Waals surface area (Å²) in [5.74, 6) is 0.820. The van der Waals surface area contributed by atoms with Crippen LogP contribution >= 0.6 is 11.8 Å². The van der Waals surface area contributed by atoms with E-state index in [4.69, 9.17) is 9.73 Å². The lowest BCUT2D eigenvalue weighted by Crippen LogP contribution is -2.29. The number of amidine groups is 1. The Bertz CT molecular complexity index is 912. The highest BCUT2D eigenvalue weighted by Crippen LogP contribution is 2.40. The summed E-state index contributed by atoms with van der Waals surface area (Å²) in [6.07, 6.45) is 2.76. The lowest BCUT2D eigenvalue weighted by molar-refractivity contribution is -0.113. The molecule has 0 radical (unpaired) electrons. The number of rotatable bonds is 5. The molecule has 1 unspecified atom stereocenters. The molecule has 1 N–H and O–H groups in total. The Balaban J connectivity index is 1.45. The first-order chi connectivity index (χ1) is 13.3. The number of hydrazone groups is 1. The number of carbonyl (C=O) groups is 1. The maximum absolute atomic E-state index is 12.4. The van der Waals surface area contributed by atoms with Gasteiger partial charge in [-0.1, -0.05) is 42.1 Å². The number of benzene rings is 2. The number of thioether (sulfide) groups is 1. The topological polar surface area (TPSA) is 66.3 Å². The highest BCUT2D eigenvalue weighted by Gasteiger charge is 2.32. The molecule has 2 aliphatic rings. The van der Waals surface area contributed by atoms with E-state index in [1.165, 1.54) is 17.3 Å². The summed E-state index contributed by atoms with van der Waals surface area (Å²) in [6, 6.07) is 15.7. The Morgan fingerprint density at radius 2 is 2.07 bits per heavy atom. The van der Waals surface area contributed by atoms with E-state index >= 15 is 0 Å². The van der Waals surface area contributed by atoms with Gasteiger partial charge in [0, 0.05) is 18.2 Å². The van der Waals surface area contributed by atoms with E-state index in [-0.39, 0.29) is 17.7 Å². The first-order valence-corrected chi connectivity index (χ1v) is 9.88. The molecule has 1 atom stereocenters. The normalized spacial score (nSPS) is 17.1. The maximum atomic E-state index is 12.4. The summed E-state index contributed by atoms with van der Waals surface area (Å²) in [4.78, 5) is 17.2. The first-order valence-electron chi connectivity index (χ1n) is 8.90. The molecular formula is C20H20N4O2S. The van der Waals surface area contributed by atoms with Gasteiger partial charge in [0.1, 0.15) is 5.75 Å². The minimum atomic E-state index is -0.103. The van der Waals surface area contributed by atoms with Gasteiger partial charge in [-0.25, -0.2) is 10.0 Å². The number of ether oxygens (including phenoxy) is 1. The van der Waals surface area contributed by atoms with Gasteiger partial charge in [0.05, 0.1) is 29.8 Å². The average molecular weight is 380 g/mol. The summed E-state index contributed by atoms with van der Waals surface area (Å²) in [5, 5.41) is 10.0. The standard InChI is InChI=1S/C20H20N4O2S/c1-2-26-18-10-6-5-9-16(18)22-19(25)13-27-20-23-15-8-4-3-7-14(15)17-11-12-21-24(17)20/h3-10,12,17H,2,11,13H2,1H3,(H,22,25). The molecule has 2 aliphatic heterocycles. The number of anilines is 1. The molecule has 7 heteroatoms. The van der Waals surface area contributed by atoms with Gasteiger partial charge in [-0.2, -0.15) is 5.10 Å². The quantitative estimate of drug-likeness (QED) is 0.845. The second-order valence-electron chi connectivity index (χ2n) is 6.11. The smallest absolute Gasteiger partial charge is 0.234 e. The predicted octanol–water partition coefficient (Wildman–Crippen LogP) is 4.19. The fraction of sp³-hybridized carbons (Fsp3) is 0.250. The molecule has 0 saturated heterocycles. The SMILES string of the molecule is CCOc1ccccc1NC(=O)CSC1=Nc2ccccc2C2CC=NN12. The zero-order valence-electron chi connectivity index (χ0n) is 15.0. The third-order valence-corrected chi connectivity index (χ3v) is 5.27. The molecule has 27 heavy (non-hydrogen) atoms. The lowest BCUT2D eigenvalue weighted by atomic mass is 10.0. The van der Waals surface area contributed by atoms with E-state index in [0.717, 1.165) is 17.3 Å². The van der Waals surface area contributed by atoms with Gasteiger partial charge in [0.15, 0.2) is 5.17 Å². The predicted molar refractivity (Wildman–Crippen MR) is 110 cm³/mol.